The maximum atomic E-state index is 11.3. The second kappa shape index (κ2) is 5.92. The molecular formula is C20H20N2O3. The van der Waals surface area contributed by atoms with Crippen molar-refractivity contribution in [1.29, 1.82) is 0 Å². The zero-order valence-corrected chi connectivity index (χ0v) is 14.2. The molecule has 5 nitrogen and oxygen atoms in total. The van der Waals surface area contributed by atoms with Gasteiger partial charge in [-0.3, -0.25) is 10.1 Å². The second-order valence-corrected chi connectivity index (χ2v) is 6.76. The average Bonchev–Trinajstić information content (AvgIpc) is 3.10. The fourth-order valence-electron chi connectivity index (χ4n) is 4.02. The molecule has 0 saturated heterocycles. The van der Waals surface area contributed by atoms with Crippen molar-refractivity contribution in [3.63, 3.8) is 0 Å². The Kier molecular flexibility index (Phi) is 3.71. The van der Waals surface area contributed by atoms with E-state index in [4.69, 9.17) is 4.74 Å². The Bertz CT molecular complexity index is 858. The van der Waals surface area contributed by atoms with Crippen LogP contribution in [0.3, 0.4) is 0 Å². The van der Waals surface area contributed by atoms with Crippen molar-refractivity contribution in [1.82, 2.24) is 0 Å². The highest BCUT2D eigenvalue weighted by Crippen LogP contribution is 2.53. The molecule has 5 heteroatoms. The molecule has 2 aromatic carbocycles. The van der Waals surface area contributed by atoms with Crippen molar-refractivity contribution >= 4 is 11.4 Å². The summed E-state index contributed by atoms with van der Waals surface area (Å²) in [6.45, 7) is 2.08. The standard InChI is InChI=1S/C20H20N2O3/c1-12-6-8-13(9-7-12)19-16-5-3-4-15(16)17-10-14(22(23)24)11-18(25-2)20(17)21-19/h3-4,6-11,15-16,19,21H,5H2,1-2H3/t15-,16+,19?/m1/s1. The van der Waals surface area contributed by atoms with E-state index < -0.39 is 0 Å². The number of nitrogens with zero attached hydrogens (tertiary/aromatic N) is 1. The van der Waals surface area contributed by atoms with E-state index >= 15 is 0 Å². The predicted octanol–water partition coefficient (Wildman–Crippen LogP) is 4.74. The largest absolute Gasteiger partial charge is 0.494 e. The number of fused-ring (bicyclic) bond motifs is 3. The van der Waals surface area contributed by atoms with Gasteiger partial charge in [0, 0.05) is 12.0 Å². The van der Waals surface area contributed by atoms with Crippen LogP contribution < -0.4 is 10.1 Å². The molecule has 128 valence electrons. The highest BCUT2D eigenvalue weighted by molar-refractivity contribution is 5.71. The number of nitrogens with one attached hydrogen (secondary N) is 1. The molecule has 0 bridgehead atoms. The van der Waals surface area contributed by atoms with Crippen molar-refractivity contribution < 1.29 is 9.66 Å². The minimum absolute atomic E-state index is 0.0743. The Morgan fingerprint density at radius 3 is 2.68 bits per heavy atom. The second-order valence-electron chi connectivity index (χ2n) is 6.76. The summed E-state index contributed by atoms with van der Waals surface area (Å²) in [4.78, 5) is 10.9. The van der Waals surface area contributed by atoms with E-state index in [-0.39, 0.29) is 22.6 Å². The lowest BCUT2D eigenvalue weighted by molar-refractivity contribution is -0.385. The molecular weight excluding hydrogens is 316 g/mol. The molecule has 2 aliphatic rings. The van der Waals surface area contributed by atoms with Gasteiger partial charge in [-0.15, -0.1) is 0 Å². The molecule has 0 spiro atoms. The normalized spacial score (nSPS) is 23.5. The summed E-state index contributed by atoms with van der Waals surface area (Å²) in [7, 11) is 1.55. The number of hydrogen-bond acceptors (Lipinski definition) is 4. The van der Waals surface area contributed by atoms with Crippen LogP contribution in [0.1, 0.15) is 35.1 Å². The van der Waals surface area contributed by atoms with Crippen molar-refractivity contribution in [3.8, 4) is 5.75 Å². The maximum absolute atomic E-state index is 11.3. The number of benzene rings is 2. The number of nitro benzene ring substituents is 1. The van der Waals surface area contributed by atoms with Crippen LogP contribution in [0.5, 0.6) is 5.75 Å². The summed E-state index contributed by atoms with van der Waals surface area (Å²) in [6, 6.07) is 11.9. The SMILES string of the molecule is COc1cc([N+](=O)[O-])cc2c1NC(c1ccc(C)cc1)[C@H]1CC=C[C@@H]21. The fourth-order valence-corrected chi connectivity index (χ4v) is 4.02. The number of allylic oxidation sites excluding steroid dienone is 2. The minimum Gasteiger partial charge on any atom is -0.494 e. The molecule has 25 heavy (non-hydrogen) atoms. The number of anilines is 1. The first kappa shape index (κ1) is 15.7. The van der Waals surface area contributed by atoms with Gasteiger partial charge < -0.3 is 10.1 Å². The van der Waals surface area contributed by atoms with Crippen LogP contribution in [0.2, 0.25) is 0 Å². The molecule has 1 aliphatic heterocycles. The quantitative estimate of drug-likeness (QED) is 0.499. The van der Waals surface area contributed by atoms with Gasteiger partial charge >= 0.3 is 0 Å². The molecule has 4 rings (SSSR count). The van der Waals surface area contributed by atoms with Gasteiger partial charge in [0.05, 0.1) is 29.8 Å². The third-order valence-corrected chi connectivity index (χ3v) is 5.28. The number of nitro groups is 1. The number of rotatable bonds is 3. The van der Waals surface area contributed by atoms with Crippen LogP contribution >= 0.6 is 0 Å². The zero-order valence-electron chi connectivity index (χ0n) is 14.2. The number of non-ortho nitro benzene ring substituents is 1. The monoisotopic (exact) mass is 336 g/mol. The summed E-state index contributed by atoms with van der Waals surface area (Å²) < 4.78 is 5.46. The molecule has 0 radical (unpaired) electrons. The summed E-state index contributed by atoms with van der Waals surface area (Å²) in [5.41, 5.74) is 4.36. The van der Waals surface area contributed by atoms with Gasteiger partial charge in [0.1, 0.15) is 5.75 Å². The molecule has 3 atom stereocenters. The van der Waals surface area contributed by atoms with Gasteiger partial charge in [-0.25, -0.2) is 0 Å². The zero-order chi connectivity index (χ0) is 17.6. The number of hydrogen-bond donors (Lipinski definition) is 1. The molecule has 0 fully saturated rings. The van der Waals surface area contributed by atoms with Gasteiger partial charge in [-0.2, -0.15) is 0 Å². The third-order valence-electron chi connectivity index (χ3n) is 5.28. The van der Waals surface area contributed by atoms with E-state index in [0.29, 0.717) is 11.7 Å². The summed E-state index contributed by atoms with van der Waals surface area (Å²) in [6.07, 6.45) is 5.31. The molecule has 1 N–H and O–H groups in total. The van der Waals surface area contributed by atoms with Crippen molar-refractivity contribution in [2.24, 2.45) is 5.92 Å². The van der Waals surface area contributed by atoms with Gasteiger partial charge in [0.25, 0.3) is 5.69 Å². The van der Waals surface area contributed by atoms with Gasteiger partial charge in [0.15, 0.2) is 0 Å². The van der Waals surface area contributed by atoms with Crippen molar-refractivity contribution in [3.05, 3.63) is 75.4 Å². The third kappa shape index (κ3) is 2.56. The van der Waals surface area contributed by atoms with Crippen molar-refractivity contribution in [2.75, 3.05) is 12.4 Å². The molecule has 0 aromatic heterocycles. The molecule has 1 unspecified atom stereocenters. The molecule has 0 saturated carbocycles. The minimum atomic E-state index is -0.359. The lowest BCUT2D eigenvalue weighted by Crippen LogP contribution is -2.29. The Morgan fingerprint density at radius 2 is 2.00 bits per heavy atom. The number of aryl methyl sites for hydroxylation is 1. The van der Waals surface area contributed by atoms with E-state index in [0.717, 1.165) is 17.7 Å². The van der Waals surface area contributed by atoms with Crippen LogP contribution in [0.25, 0.3) is 0 Å². The average molecular weight is 336 g/mol. The first-order valence-corrected chi connectivity index (χ1v) is 8.44. The molecule has 2 aromatic rings. The lowest BCUT2D eigenvalue weighted by atomic mass is 9.76. The topological polar surface area (TPSA) is 64.4 Å². The number of ether oxygens (including phenoxy) is 1. The highest BCUT2D eigenvalue weighted by atomic mass is 16.6. The lowest BCUT2D eigenvalue weighted by Gasteiger charge is -2.38. The van der Waals surface area contributed by atoms with Crippen LogP contribution in [0.15, 0.2) is 48.6 Å². The molecule has 1 heterocycles. The van der Waals surface area contributed by atoms with E-state index in [1.54, 1.807) is 13.2 Å². The summed E-state index contributed by atoms with van der Waals surface area (Å²) >= 11 is 0. The summed E-state index contributed by atoms with van der Waals surface area (Å²) in [5, 5.41) is 14.9. The fraction of sp³-hybridized carbons (Fsp3) is 0.300. The van der Waals surface area contributed by atoms with Crippen LogP contribution in [-0.2, 0) is 0 Å². The first-order chi connectivity index (χ1) is 12.1. The Hall–Kier alpha value is -2.82. The Labute approximate surface area is 146 Å². The predicted molar refractivity (Wildman–Crippen MR) is 97.2 cm³/mol. The Morgan fingerprint density at radius 1 is 1.24 bits per heavy atom. The molecule has 0 amide bonds. The van der Waals surface area contributed by atoms with Crippen molar-refractivity contribution in [2.45, 2.75) is 25.3 Å². The van der Waals surface area contributed by atoms with Gasteiger partial charge in [-0.05, 0) is 30.4 Å². The molecule has 1 aliphatic carbocycles. The first-order valence-electron chi connectivity index (χ1n) is 8.44. The van der Waals surface area contributed by atoms with Crippen LogP contribution in [-0.4, -0.2) is 12.0 Å². The van der Waals surface area contributed by atoms with Crippen LogP contribution in [0, 0.1) is 23.0 Å². The van der Waals surface area contributed by atoms with Gasteiger partial charge in [-0.1, -0.05) is 42.0 Å². The van der Waals surface area contributed by atoms with E-state index in [2.05, 4.69) is 48.7 Å². The van der Waals surface area contributed by atoms with E-state index in [1.165, 1.54) is 17.2 Å². The van der Waals surface area contributed by atoms with E-state index in [9.17, 15) is 10.1 Å². The van der Waals surface area contributed by atoms with E-state index in [1.807, 2.05) is 0 Å². The summed E-state index contributed by atoms with van der Waals surface area (Å²) in [5.74, 6) is 1.04. The van der Waals surface area contributed by atoms with Crippen LogP contribution in [0.4, 0.5) is 11.4 Å². The highest BCUT2D eigenvalue weighted by Gasteiger charge is 2.40. The maximum Gasteiger partial charge on any atom is 0.273 e. The smallest absolute Gasteiger partial charge is 0.273 e. The van der Waals surface area contributed by atoms with Gasteiger partial charge in [0.2, 0.25) is 0 Å². The number of methoxy groups -OCH3 is 1. The Balaban J connectivity index is 1.84.